The maximum absolute atomic E-state index is 12.9. The van der Waals surface area contributed by atoms with Crippen LogP contribution < -0.4 is 5.32 Å². The highest BCUT2D eigenvalue weighted by Crippen LogP contribution is 2.44. The molecule has 1 aliphatic heterocycles. The monoisotopic (exact) mass is 594 g/mol. The largest absolute Gasteiger partial charge is 0.449 e. The number of carbonyl (C=O) groups is 4. The average Bonchev–Trinajstić information content (AvgIpc) is 3.53. The number of hydrogen-bond acceptors (Lipinski definition) is 6. The summed E-state index contributed by atoms with van der Waals surface area (Å²) in [4.78, 5) is 56.1. The molecule has 0 spiro atoms. The summed E-state index contributed by atoms with van der Waals surface area (Å²) in [5.74, 6) is -2.23. The molecule has 8 heteroatoms. The van der Waals surface area contributed by atoms with Gasteiger partial charge in [-0.3, -0.25) is 9.59 Å². The number of nitrogens with zero attached hydrogens (tertiary/aromatic N) is 1. The summed E-state index contributed by atoms with van der Waals surface area (Å²) in [6.45, 7) is 0.468. The number of rotatable bonds is 7. The second-order valence-electron chi connectivity index (χ2n) is 10.8. The lowest BCUT2D eigenvalue weighted by Crippen LogP contribution is -2.32. The van der Waals surface area contributed by atoms with Gasteiger partial charge < -0.3 is 14.9 Å². The summed E-state index contributed by atoms with van der Waals surface area (Å²) < 4.78 is 5.66. The van der Waals surface area contributed by atoms with Gasteiger partial charge in [-0.05, 0) is 69.3 Å². The normalized spacial score (nSPS) is 13.2. The smallest absolute Gasteiger partial charge is 0.407 e. The molecule has 0 saturated heterocycles. The topological polar surface area (TPSA) is 102 Å². The van der Waals surface area contributed by atoms with E-state index < -0.39 is 23.9 Å². The van der Waals surface area contributed by atoms with Crippen LogP contribution in [0.15, 0.2) is 121 Å². The zero-order valence-corrected chi connectivity index (χ0v) is 23.9. The van der Waals surface area contributed by atoms with E-state index in [1.807, 2.05) is 54.6 Å². The summed E-state index contributed by atoms with van der Waals surface area (Å²) in [5.41, 5.74) is 7.53. The van der Waals surface area contributed by atoms with Crippen molar-refractivity contribution in [2.75, 3.05) is 6.61 Å². The molecule has 45 heavy (non-hydrogen) atoms. The molecule has 1 N–H and O–H groups in total. The summed E-state index contributed by atoms with van der Waals surface area (Å²) in [6.07, 6.45) is -0.514. The fraction of sp³-hybridized carbons (Fsp3) is 0.0811. The summed E-state index contributed by atoms with van der Waals surface area (Å²) in [6, 6.07) is 36.9. The number of hydrogen-bond donors (Lipinski definition) is 1. The highest BCUT2D eigenvalue weighted by molar-refractivity contribution is 6.21. The molecule has 3 amide bonds. The van der Waals surface area contributed by atoms with Crippen molar-refractivity contribution in [3.05, 3.63) is 155 Å². The molecule has 0 fully saturated rings. The van der Waals surface area contributed by atoms with Gasteiger partial charge >= 0.3 is 12.1 Å². The van der Waals surface area contributed by atoms with E-state index in [0.717, 1.165) is 27.8 Å². The Kier molecular flexibility index (Phi) is 7.15. The lowest BCUT2D eigenvalue weighted by atomic mass is 9.98. The van der Waals surface area contributed by atoms with E-state index in [0.29, 0.717) is 5.06 Å². The van der Waals surface area contributed by atoms with Gasteiger partial charge in [-0.15, -0.1) is 0 Å². The van der Waals surface area contributed by atoms with E-state index in [-0.39, 0.29) is 35.8 Å². The molecule has 2 aliphatic rings. The SMILES string of the molecule is O=C(NCc1cccc(-c2cccc(C(=O)ON3C(=O)c4ccccc4C3=O)c2)c1)OCC1c2ccccc2-c2ccccc21. The van der Waals surface area contributed by atoms with E-state index >= 15 is 0 Å². The molecule has 0 saturated carbocycles. The summed E-state index contributed by atoms with van der Waals surface area (Å²) in [7, 11) is 0. The first-order chi connectivity index (χ1) is 22.0. The molecule has 5 aromatic rings. The van der Waals surface area contributed by atoms with E-state index in [1.54, 1.807) is 30.3 Å². The van der Waals surface area contributed by atoms with Gasteiger partial charge in [0.25, 0.3) is 11.8 Å². The van der Waals surface area contributed by atoms with Crippen LogP contribution in [0.5, 0.6) is 0 Å². The van der Waals surface area contributed by atoms with Gasteiger partial charge in [-0.25, -0.2) is 9.59 Å². The predicted octanol–water partition coefficient (Wildman–Crippen LogP) is 6.76. The minimum absolute atomic E-state index is 0.0255. The maximum atomic E-state index is 12.9. The van der Waals surface area contributed by atoms with Crippen LogP contribution in [0, 0.1) is 0 Å². The Morgan fingerprint density at radius 1 is 0.644 bits per heavy atom. The molecular formula is C37H26N2O6. The zero-order chi connectivity index (χ0) is 30.9. The van der Waals surface area contributed by atoms with Crippen molar-refractivity contribution in [1.82, 2.24) is 10.4 Å². The quantitative estimate of drug-likeness (QED) is 0.209. The van der Waals surface area contributed by atoms with E-state index in [1.165, 1.54) is 23.3 Å². The van der Waals surface area contributed by atoms with Gasteiger partial charge in [0, 0.05) is 12.5 Å². The molecule has 0 aromatic heterocycles. The molecule has 0 bridgehead atoms. The number of hydroxylamine groups is 2. The molecule has 8 nitrogen and oxygen atoms in total. The Labute approximate surface area is 258 Å². The second kappa shape index (κ2) is 11.6. The Morgan fingerprint density at radius 2 is 1.20 bits per heavy atom. The van der Waals surface area contributed by atoms with Crippen molar-refractivity contribution in [2.45, 2.75) is 12.5 Å². The predicted molar refractivity (Wildman–Crippen MR) is 166 cm³/mol. The molecule has 7 rings (SSSR count). The highest BCUT2D eigenvalue weighted by atomic mass is 16.7. The third-order valence-electron chi connectivity index (χ3n) is 8.07. The number of amides is 3. The number of benzene rings is 5. The Hall–Kier alpha value is -6.02. The van der Waals surface area contributed by atoms with Crippen molar-refractivity contribution < 1.29 is 28.8 Å². The number of fused-ring (bicyclic) bond motifs is 4. The van der Waals surface area contributed by atoms with Crippen LogP contribution >= 0.6 is 0 Å². The molecule has 5 aromatic carbocycles. The molecule has 1 aliphatic carbocycles. The third kappa shape index (κ3) is 5.23. The van der Waals surface area contributed by atoms with Crippen molar-refractivity contribution >= 4 is 23.9 Å². The van der Waals surface area contributed by atoms with Gasteiger partial charge in [-0.2, -0.15) is 0 Å². The van der Waals surface area contributed by atoms with Crippen LogP contribution in [0.25, 0.3) is 22.3 Å². The average molecular weight is 595 g/mol. The zero-order valence-electron chi connectivity index (χ0n) is 23.9. The van der Waals surface area contributed by atoms with Crippen molar-refractivity contribution in [3.8, 4) is 22.3 Å². The first-order valence-corrected chi connectivity index (χ1v) is 14.5. The van der Waals surface area contributed by atoms with Gasteiger partial charge in [0.2, 0.25) is 0 Å². The number of alkyl carbamates (subject to hydrolysis) is 1. The van der Waals surface area contributed by atoms with Gasteiger partial charge in [0.15, 0.2) is 0 Å². The van der Waals surface area contributed by atoms with Crippen LogP contribution in [0.2, 0.25) is 0 Å². The number of imide groups is 1. The van der Waals surface area contributed by atoms with Crippen LogP contribution in [0.3, 0.4) is 0 Å². The molecule has 1 heterocycles. The van der Waals surface area contributed by atoms with Gasteiger partial charge in [0.05, 0.1) is 16.7 Å². The maximum Gasteiger partial charge on any atom is 0.407 e. The molecule has 220 valence electrons. The molecule has 0 unspecified atom stereocenters. The number of ether oxygens (including phenoxy) is 1. The lowest BCUT2D eigenvalue weighted by molar-refractivity contribution is -0.0584. The highest BCUT2D eigenvalue weighted by Gasteiger charge is 2.38. The van der Waals surface area contributed by atoms with Crippen molar-refractivity contribution in [3.63, 3.8) is 0 Å². The van der Waals surface area contributed by atoms with Gasteiger partial charge in [-0.1, -0.05) is 96.1 Å². The first kappa shape index (κ1) is 27.8. The molecule has 0 atom stereocenters. The summed E-state index contributed by atoms with van der Waals surface area (Å²) in [5, 5.41) is 3.33. The molecular weight excluding hydrogens is 568 g/mol. The standard InChI is InChI=1S/C37H26N2O6/c40-34-31-17-5-6-18-32(31)35(41)39(34)45-36(42)26-12-8-11-25(20-26)24-10-7-9-23(19-24)21-38-37(43)44-22-33-29-15-3-1-13-27(29)28-14-2-4-16-30(28)33/h1-20,33H,21-22H2,(H,38,43). The fourth-order valence-corrected chi connectivity index (χ4v) is 5.90. The third-order valence-corrected chi connectivity index (χ3v) is 8.07. The van der Waals surface area contributed by atoms with Crippen LogP contribution in [-0.2, 0) is 16.1 Å². The second-order valence-corrected chi connectivity index (χ2v) is 10.8. The van der Waals surface area contributed by atoms with E-state index in [9.17, 15) is 19.2 Å². The first-order valence-electron chi connectivity index (χ1n) is 14.5. The van der Waals surface area contributed by atoms with Crippen LogP contribution in [0.4, 0.5) is 4.79 Å². The Balaban J connectivity index is 0.983. The fourth-order valence-electron chi connectivity index (χ4n) is 5.90. The minimum Gasteiger partial charge on any atom is -0.449 e. The Morgan fingerprint density at radius 3 is 1.84 bits per heavy atom. The summed E-state index contributed by atoms with van der Waals surface area (Å²) >= 11 is 0. The molecule has 0 radical (unpaired) electrons. The van der Waals surface area contributed by atoms with Crippen LogP contribution in [-0.4, -0.2) is 35.5 Å². The Bertz CT molecular complexity index is 1920. The van der Waals surface area contributed by atoms with Crippen molar-refractivity contribution in [1.29, 1.82) is 0 Å². The minimum atomic E-state index is -0.834. The number of carbonyl (C=O) groups excluding carboxylic acids is 4. The lowest BCUT2D eigenvalue weighted by Gasteiger charge is -2.15. The van der Waals surface area contributed by atoms with Crippen LogP contribution in [0.1, 0.15) is 53.7 Å². The number of nitrogens with one attached hydrogen (secondary N) is 1. The van der Waals surface area contributed by atoms with E-state index in [2.05, 4.69) is 29.6 Å². The van der Waals surface area contributed by atoms with E-state index in [4.69, 9.17) is 9.57 Å². The van der Waals surface area contributed by atoms with Crippen molar-refractivity contribution in [2.24, 2.45) is 0 Å². The van der Waals surface area contributed by atoms with Gasteiger partial charge in [0.1, 0.15) is 6.61 Å².